The Labute approximate surface area is 166 Å². The fourth-order valence-electron chi connectivity index (χ4n) is 3.04. The molecule has 25 heavy (non-hydrogen) atoms. The summed E-state index contributed by atoms with van der Waals surface area (Å²) in [4.78, 5) is 9.00. The van der Waals surface area contributed by atoms with Gasteiger partial charge in [-0.15, -0.1) is 24.0 Å². The van der Waals surface area contributed by atoms with Gasteiger partial charge in [-0.1, -0.05) is 26.0 Å². The molecular weight excluding hydrogens is 437 g/mol. The molecule has 1 aliphatic rings. The van der Waals surface area contributed by atoms with Crippen LogP contribution in [0.15, 0.2) is 23.2 Å². The number of aliphatic imine (C=N–C) groups is 1. The normalized spacial score (nSPS) is 16.1. The van der Waals surface area contributed by atoms with Crippen molar-refractivity contribution >= 4 is 29.9 Å². The Balaban J connectivity index is 0.00000312. The van der Waals surface area contributed by atoms with Crippen LogP contribution in [0.25, 0.3) is 0 Å². The first-order valence-corrected chi connectivity index (χ1v) is 8.62. The molecule has 4 nitrogen and oxygen atoms in total. The van der Waals surface area contributed by atoms with E-state index in [0.29, 0.717) is 24.4 Å². The lowest BCUT2D eigenvalue weighted by Crippen LogP contribution is -2.53. The number of halogens is 3. The van der Waals surface area contributed by atoms with E-state index in [1.807, 2.05) is 0 Å². The second-order valence-corrected chi connectivity index (χ2v) is 6.62. The van der Waals surface area contributed by atoms with Gasteiger partial charge in [0.05, 0.1) is 0 Å². The van der Waals surface area contributed by atoms with Crippen molar-refractivity contribution in [2.24, 2.45) is 10.9 Å². The quantitative estimate of drug-likeness (QED) is 0.412. The van der Waals surface area contributed by atoms with Crippen LogP contribution in [-0.4, -0.2) is 62.1 Å². The van der Waals surface area contributed by atoms with E-state index in [1.54, 1.807) is 13.1 Å². The highest BCUT2D eigenvalue weighted by Crippen LogP contribution is 2.11. The molecule has 1 fully saturated rings. The number of benzene rings is 1. The van der Waals surface area contributed by atoms with Gasteiger partial charge < -0.3 is 10.2 Å². The fourth-order valence-corrected chi connectivity index (χ4v) is 3.04. The number of piperazine rings is 1. The molecule has 0 bridgehead atoms. The van der Waals surface area contributed by atoms with Gasteiger partial charge in [-0.05, 0) is 24.0 Å². The van der Waals surface area contributed by atoms with Crippen molar-refractivity contribution in [1.82, 2.24) is 15.1 Å². The first kappa shape index (κ1) is 22.1. The molecule has 0 atom stereocenters. The van der Waals surface area contributed by atoms with E-state index in [-0.39, 0.29) is 24.0 Å². The van der Waals surface area contributed by atoms with Crippen LogP contribution < -0.4 is 5.32 Å². The Bertz CT molecular complexity index is 558. The van der Waals surface area contributed by atoms with Crippen LogP contribution >= 0.6 is 24.0 Å². The predicted octanol–water partition coefficient (Wildman–Crippen LogP) is 2.97. The summed E-state index contributed by atoms with van der Waals surface area (Å²) in [6.45, 7) is 10.0. The van der Waals surface area contributed by atoms with Crippen molar-refractivity contribution in [2.75, 3.05) is 46.3 Å². The molecule has 1 aromatic rings. The van der Waals surface area contributed by atoms with Gasteiger partial charge in [-0.2, -0.15) is 0 Å². The van der Waals surface area contributed by atoms with Gasteiger partial charge in [0.25, 0.3) is 0 Å². The first-order chi connectivity index (χ1) is 11.5. The molecular formula is C18H29F2IN4. The lowest BCUT2D eigenvalue weighted by Gasteiger charge is -2.37. The van der Waals surface area contributed by atoms with Crippen LogP contribution in [0.1, 0.15) is 19.4 Å². The second-order valence-electron chi connectivity index (χ2n) is 6.62. The topological polar surface area (TPSA) is 30.9 Å². The van der Waals surface area contributed by atoms with E-state index >= 15 is 0 Å². The molecule has 0 aliphatic carbocycles. The molecule has 0 unspecified atom stereocenters. The maximum Gasteiger partial charge on any atom is 0.193 e. The zero-order chi connectivity index (χ0) is 17.5. The Morgan fingerprint density at radius 2 is 1.88 bits per heavy atom. The lowest BCUT2D eigenvalue weighted by molar-refractivity contribution is 0.164. The van der Waals surface area contributed by atoms with Gasteiger partial charge in [0.2, 0.25) is 0 Å². The van der Waals surface area contributed by atoms with Crippen LogP contribution in [0.2, 0.25) is 0 Å². The summed E-state index contributed by atoms with van der Waals surface area (Å²) < 4.78 is 26.9. The Hall–Kier alpha value is -0.960. The Kier molecular flexibility index (Phi) is 9.63. The second kappa shape index (κ2) is 10.9. The van der Waals surface area contributed by atoms with Crippen molar-refractivity contribution in [1.29, 1.82) is 0 Å². The zero-order valence-electron chi connectivity index (χ0n) is 15.3. The highest BCUT2D eigenvalue weighted by molar-refractivity contribution is 14.0. The van der Waals surface area contributed by atoms with Gasteiger partial charge in [-0.3, -0.25) is 9.89 Å². The van der Waals surface area contributed by atoms with E-state index in [4.69, 9.17) is 0 Å². The third-order valence-electron chi connectivity index (χ3n) is 4.22. The monoisotopic (exact) mass is 466 g/mol. The van der Waals surface area contributed by atoms with Gasteiger partial charge in [0, 0.05) is 46.3 Å². The predicted molar refractivity (Wildman–Crippen MR) is 110 cm³/mol. The van der Waals surface area contributed by atoms with Gasteiger partial charge >= 0.3 is 0 Å². The third kappa shape index (κ3) is 6.69. The average molecular weight is 466 g/mol. The number of rotatable bonds is 5. The highest BCUT2D eigenvalue weighted by Gasteiger charge is 2.19. The van der Waals surface area contributed by atoms with Crippen molar-refractivity contribution in [2.45, 2.75) is 20.3 Å². The van der Waals surface area contributed by atoms with E-state index in [0.717, 1.165) is 44.7 Å². The molecule has 0 spiro atoms. The van der Waals surface area contributed by atoms with Crippen molar-refractivity contribution < 1.29 is 8.78 Å². The van der Waals surface area contributed by atoms with Crippen LogP contribution in [0.3, 0.4) is 0 Å². The molecule has 142 valence electrons. The van der Waals surface area contributed by atoms with E-state index in [2.05, 4.69) is 34.0 Å². The van der Waals surface area contributed by atoms with Crippen LogP contribution in [0.4, 0.5) is 8.78 Å². The van der Waals surface area contributed by atoms with Crippen molar-refractivity contribution in [3.05, 3.63) is 35.4 Å². The number of nitrogens with zero attached hydrogens (tertiary/aromatic N) is 3. The summed E-state index contributed by atoms with van der Waals surface area (Å²) in [5.41, 5.74) is 0.389. The minimum atomic E-state index is -0.793. The Morgan fingerprint density at radius 1 is 1.20 bits per heavy atom. The SMILES string of the molecule is CN=C(NCCc1cccc(F)c1F)N1CCN(CC(C)C)CC1.I. The molecule has 0 aromatic heterocycles. The third-order valence-corrected chi connectivity index (χ3v) is 4.22. The van der Waals surface area contributed by atoms with Crippen LogP contribution in [-0.2, 0) is 6.42 Å². The summed E-state index contributed by atoms with van der Waals surface area (Å²) >= 11 is 0. The average Bonchev–Trinajstić information content (AvgIpc) is 2.56. The summed E-state index contributed by atoms with van der Waals surface area (Å²) in [6.07, 6.45) is 0.427. The molecule has 0 radical (unpaired) electrons. The lowest BCUT2D eigenvalue weighted by atomic mass is 10.1. The molecule has 7 heteroatoms. The van der Waals surface area contributed by atoms with Crippen LogP contribution in [0.5, 0.6) is 0 Å². The van der Waals surface area contributed by atoms with Crippen molar-refractivity contribution in [3.8, 4) is 0 Å². The van der Waals surface area contributed by atoms with Crippen LogP contribution in [0, 0.1) is 17.6 Å². The largest absolute Gasteiger partial charge is 0.356 e. The summed E-state index contributed by atoms with van der Waals surface area (Å²) in [5.74, 6) is -0.0408. The number of guanidine groups is 1. The van der Waals surface area contributed by atoms with E-state index < -0.39 is 11.6 Å². The van der Waals surface area contributed by atoms with Gasteiger partial charge in [0.15, 0.2) is 17.6 Å². The fraction of sp³-hybridized carbons (Fsp3) is 0.611. The molecule has 1 aromatic carbocycles. The molecule has 0 saturated carbocycles. The maximum atomic E-state index is 13.7. The molecule has 2 rings (SSSR count). The molecule has 1 N–H and O–H groups in total. The zero-order valence-corrected chi connectivity index (χ0v) is 17.6. The van der Waals surface area contributed by atoms with Crippen molar-refractivity contribution in [3.63, 3.8) is 0 Å². The summed E-state index contributed by atoms with van der Waals surface area (Å²) in [7, 11) is 1.76. The van der Waals surface area contributed by atoms with Gasteiger partial charge in [0.1, 0.15) is 0 Å². The number of hydrogen-bond donors (Lipinski definition) is 1. The Morgan fingerprint density at radius 3 is 2.48 bits per heavy atom. The molecule has 1 heterocycles. The summed E-state index contributed by atoms with van der Waals surface area (Å²) in [6, 6.07) is 4.30. The summed E-state index contributed by atoms with van der Waals surface area (Å²) in [5, 5.41) is 3.26. The standard InChI is InChI=1S/C18H28F2N4.HI/c1-14(2)13-23-9-11-24(12-10-23)18(21-3)22-8-7-15-5-4-6-16(19)17(15)20;/h4-6,14H,7-13H2,1-3H3,(H,21,22);1H. The number of hydrogen-bond acceptors (Lipinski definition) is 2. The maximum absolute atomic E-state index is 13.7. The van der Waals surface area contributed by atoms with Gasteiger partial charge in [-0.25, -0.2) is 8.78 Å². The number of nitrogens with one attached hydrogen (secondary N) is 1. The highest BCUT2D eigenvalue weighted by atomic mass is 127. The van der Waals surface area contributed by atoms with E-state index in [9.17, 15) is 8.78 Å². The minimum Gasteiger partial charge on any atom is -0.356 e. The van der Waals surface area contributed by atoms with E-state index in [1.165, 1.54) is 6.07 Å². The first-order valence-electron chi connectivity index (χ1n) is 8.62. The molecule has 1 saturated heterocycles. The minimum absolute atomic E-state index is 0. The molecule has 0 amide bonds. The molecule has 1 aliphatic heterocycles. The smallest absolute Gasteiger partial charge is 0.193 e.